The first-order valence-electron chi connectivity index (χ1n) is 10.6. The summed E-state index contributed by atoms with van der Waals surface area (Å²) in [6.45, 7) is 7.74. The molecule has 2 aliphatic heterocycles. The predicted octanol–water partition coefficient (Wildman–Crippen LogP) is 2.49. The minimum absolute atomic E-state index is 0.0584. The van der Waals surface area contributed by atoms with Gasteiger partial charge in [-0.2, -0.15) is 0 Å². The van der Waals surface area contributed by atoms with Crippen LogP contribution in [0.15, 0.2) is 24.5 Å². The maximum atomic E-state index is 13.2. The van der Waals surface area contributed by atoms with Crippen molar-refractivity contribution in [3.05, 3.63) is 30.1 Å². The van der Waals surface area contributed by atoms with E-state index in [4.69, 9.17) is 0 Å². The number of carbonyl (C=O) groups excluding carboxylic acids is 3. The Labute approximate surface area is 176 Å². The molecule has 2 aliphatic rings. The summed E-state index contributed by atoms with van der Waals surface area (Å²) in [5.74, 6) is 0.0924. The van der Waals surface area contributed by atoms with Gasteiger partial charge in [0.1, 0.15) is 5.54 Å². The van der Waals surface area contributed by atoms with Crippen molar-refractivity contribution in [2.24, 2.45) is 13.0 Å². The minimum atomic E-state index is -0.820. The summed E-state index contributed by atoms with van der Waals surface area (Å²) in [6, 6.07) is 5.35. The number of carbonyl (C=O) groups is 3. The van der Waals surface area contributed by atoms with E-state index in [0.717, 1.165) is 11.0 Å². The fourth-order valence-corrected chi connectivity index (χ4v) is 4.69. The van der Waals surface area contributed by atoms with Crippen molar-refractivity contribution in [1.29, 1.82) is 0 Å². The average Bonchev–Trinajstić information content (AvgIpc) is 3.19. The lowest BCUT2D eigenvalue weighted by Gasteiger charge is -2.42. The summed E-state index contributed by atoms with van der Waals surface area (Å²) in [6.07, 6.45) is 2.67. The molecule has 1 spiro atoms. The Hall–Kier alpha value is -2.90. The lowest BCUT2D eigenvalue weighted by atomic mass is 9.85. The molecule has 0 bridgehead atoms. The van der Waals surface area contributed by atoms with E-state index in [0.29, 0.717) is 44.6 Å². The molecule has 2 fully saturated rings. The van der Waals surface area contributed by atoms with Crippen molar-refractivity contribution in [3.63, 3.8) is 0 Å². The number of benzene rings is 1. The number of hydrogen-bond acceptors (Lipinski definition) is 4. The van der Waals surface area contributed by atoms with E-state index < -0.39 is 5.54 Å². The molecule has 30 heavy (non-hydrogen) atoms. The molecule has 0 N–H and O–H groups in total. The molecule has 0 atom stereocenters. The Morgan fingerprint density at radius 2 is 1.90 bits per heavy atom. The van der Waals surface area contributed by atoms with E-state index in [9.17, 15) is 14.4 Å². The molecular formula is C22H29N5O3. The number of imide groups is 1. The van der Waals surface area contributed by atoms with Crippen molar-refractivity contribution in [1.82, 2.24) is 24.3 Å². The molecule has 4 rings (SSSR count). The largest absolute Gasteiger partial charge is 0.338 e. The van der Waals surface area contributed by atoms with Crippen molar-refractivity contribution in [2.45, 2.75) is 39.2 Å². The number of aryl methyl sites for hydroxylation is 1. The lowest BCUT2D eigenvalue weighted by Crippen LogP contribution is -2.58. The Kier molecular flexibility index (Phi) is 5.03. The van der Waals surface area contributed by atoms with Gasteiger partial charge in [-0.15, -0.1) is 0 Å². The molecule has 0 saturated carbocycles. The number of imidazole rings is 1. The van der Waals surface area contributed by atoms with E-state index in [1.807, 2.05) is 50.6 Å². The lowest BCUT2D eigenvalue weighted by molar-refractivity contribution is -0.135. The molecule has 0 aliphatic carbocycles. The van der Waals surface area contributed by atoms with E-state index >= 15 is 0 Å². The summed E-state index contributed by atoms with van der Waals surface area (Å²) in [7, 11) is 1.92. The third kappa shape index (κ3) is 3.05. The number of likely N-dealkylation sites (tertiary alicyclic amines) is 1. The number of nitrogens with zero attached hydrogens (tertiary/aromatic N) is 5. The van der Waals surface area contributed by atoms with Gasteiger partial charge in [0.2, 0.25) is 0 Å². The monoisotopic (exact) mass is 411 g/mol. The number of urea groups is 1. The van der Waals surface area contributed by atoms with Gasteiger partial charge in [-0.25, -0.2) is 9.78 Å². The number of rotatable bonds is 4. The van der Waals surface area contributed by atoms with E-state index in [1.165, 1.54) is 4.90 Å². The summed E-state index contributed by atoms with van der Waals surface area (Å²) in [5, 5.41) is 0. The molecule has 4 amide bonds. The number of piperidine rings is 1. The Balaban J connectivity index is 1.54. The Morgan fingerprint density at radius 1 is 1.20 bits per heavy atom. The van der Waals surface area contributed by atoms with Crippen LogP contribution in [0.5, 0.6) is 0 Å². The number of amides is 4. The first-order valence-corrected chi connectivity index (χ1v) is 10.6. The molecule has 2 saturated heterocycles. The Morgan fingerprint density at radius 3 is 2.53 bits per heavy atom. The summed E-state index contributed by atoms with van der Waals surface area (Å²) < 4.78 is 1.92. The van der Waals surface area contributed by atoms with Gasteiger partial charge in [0.05, 0.1) is 17.4 Å². The van der Waals surface area contributed by atoms with Gasteiger partial charge in [0.15, 0.2) is 0 Å². The molecule has 2 aromatic rings. The molecular weight excluding hydrogens is 382 g/mol. The van der Waals surface area contributed by atoms with Crippen molar-refractivity contribution >= 4 is 28.9 Å². The van der Waals surface area contributed by atoms with Crippen LogP contribution in [0.25, 0.3) is 11.0 Å². The summed E-state index contributed by atoms with van der Waals surface area (Å²) in [4.78, 5) is 48.3. The predicted molar refractivity (Wildman–Crippen MR) is 113 cm³/mol. The van der Waals surface area contributed by atoms with Crippen molar-refractivity contribution in [2.75, 3.05) is 26.2 Å². The van der Waals surface area contributed by atoms with Crippen molar-refractivity contribution < 1.29 is 14.4 Å². The number of hydrogen-bond donors (Lipinski definition) is 0. The fourth-order valence-electron chi connectivity index (χ4n) is 4.69. The summed E-state index contributed by atoms with van der Waals surface area (Å²) in [5.41, 5.74) is 1.54. The van der Waals surface area contributed by atoms with Crippen LogP contribution in [-0.2, 0) is 11.8 Å². The summed E-state index contributed by atoms with van der Waals surface area (Å²) >= 11 is 0. The highest BCUT2D eigenvalue weighted by atomic mass is 16.2. The average molecular weight is 412 g/mol. The number of likely N-dealkylation sites (N-methyl/N-ethyl adjacent to an activating group) is 1. The topological polar surface area (TPSA) is 78.8 Å². The van der Waals surface area contributed by atoms with E-state index in [1.54, 1.807) is 16.1 Å². The molecule has 1 aromatic carbocycles. The molecule has 160 valence electrons. The first kappa shape index (κ1) is 20.4. The smallest absolute Gasteiger partial charge is 0.327 e. The molecule has 0 radical (unpaired) electrons. The minimum Gasteiger partial charge on any atom is -0.338 e. The molecule has 8 nitrogen and oxygen atoms in total. The zero-order valence-corrected chi connectivity index (χ0v) is 18.1. The van der Waals surface area contributed by atoms with Crippen molar-refractivity contribution in [3.8, 4) is 0 Å². The third-order valence-corrected chi connectivity index (χ3v) is 6.34. The number of aromatic nitrogens is 2. The van der Waals surface area contributed by atoms with Crippen LogP contribution < -0.4 is 0 Å². The maximum absolute atomic E-state index is 13.2. The van der Waals surface area contributed by atoms with Crippen LogP contribution in [0, 0.1) is 5.92 Å². The van der Waals surface area contributed by atoms with Crippen LogP contribution in [0.2, 0.25) is 0 Å². The van der Waals surface area contributed by atoms with E-state index in [-0.39, 0.29) is 23.8 Å². The quantitative estimate of drug-likeness (QED) is 0.724. The van der Waals surface area contributed by atoms with Crippen LogP contribution >= 0.6 is 0 Å². The van der Waals surface area contributed by atoms with Gasteiger partial charge in [0, 0.05) is 38.8 Å². The first-order chi connectivity index (χ1) is 14.3. The van der Waals surface area contributed by atoms with E-state index in [2.05, 4.69) is 4.98 Å². The number of fused-ring (bicyclic) bond motifs is 1. The maximum Gasteiger partial charge on any atom is 0.327 e. The fraction of sp³-hybridized carbons (Fsp3) is 0.545. The molecule has 8 heteroatoms. The molecule has 0 unspecified atom stereocenters. The van der Waals surface area contributed by atoms with Gasteiger partial charge in [-0.3, -0.25) is 14.5 Å². The second-order valence-corrected chi connectivity index (χ2v) is 8.72. The zero-order valence-electron chi connectivity index (χ0n) is 18.1. The normalized spacial score (nSPS) is 19.0. The van der Waals surface area contributed by atoms with Crippen LogP contribution in [0.4, 0.5) is 4.79 Å². The van der Waals surface area contributed by atoms with Gasteiger partial charge in [0.25, 0.3) is 11.8 Å². The Bertz CT molecular complexity index is 1000. The highest BCUT2D eigenvalue weighted by molar-refractivity contribution is 6.07. The SMILES string of the molecule is CCN1C(=O)N(CC(C)C)C2(CCN(C(=O)c3ccc4c(c3)ncn4C)CC2)C1=O. The van der Waals surface area contributed by atoms with Gasteiger partial charge < -0.3 is 14.4 Å². The molecule has 3 heterocycles. The molecule has 1 aromatic heterocycles. The van der Waals surface area contributed by atoms with Crippen LogP contribution in [0.3, 0.4) is 0 Å². The van der Waals surface area contributed by atoms with Crippen LogP contribution in [0.1, 0.15) is 44.0 Å². The van der Waals surface area contributed by atoms with Gasteiger partial charge >= 0.3 is 6.03 Å². The van der Waals surface area contributed by atoms with Crippen LogP contribution in [-0.4, -0.2) is 73.8 Å². The van der Waals surface area contributed by atoms with Gasteiger partial charge in [-0.05, 0) is 43.9 Å². The standard InChI is InChI=1S/C22H29N5O3/c1-5-26-20(29)22(27(21(26)30)13-15(2)3)8-10-25(11-9-22)19(28)16-6-7-18-17(12-16)23-14-24(18)4/h6-7,12,14-15H,5,8-11,13H2,1-4H3. The second kappa shape index (κ2) is 7.41. The third-order valence-electron chi connectivity index (χ3n) is 6.34. The second-order valence-electron chi connectivity index (χ2n) is 8.72. The highest BCUT2D eigenvalue weighted by Crippen LogP contribution is 2.38. The zero-order chi connectivity index (χ0) is 21.6. The van der Waals surface area contributed by atoms with Gasteiger partial charge in [-0.1, -0.05) is 13.8 Å². The highest BCUT2D eigenvalue weighted by Gasteiger charge is 2.57.